The number of thioether (sulfide) groups is 1. The van der Waals surface area contributed by atoms with Gasteiger partial charge in [0.1, 0.15) is 0 Å². The summed E-state index contributed by atoms with van der Waals surface area (Å²) >= 11 is 5.09. The zero-order chi connectivity index (χ0) is 19.3. The minimum atomic E-state index is 0.659. The Kier molecular flexibility index (Phi) is 5.51. The van der Waals surface area contributed by atoms with Gasteiger partial charge in [0.25, 0.3) is 0 Å². The van der Waals surface area contributed by atoms with Gasteiger partial charge in [-0.15, -0.1) is 10.2 Å². The van der Waals surface area contributed by atoms with Gasteiger partial charge in [-0.05, 0) is 54.1 Å². The van der Waals surface area contributed by atoms with E-state index in [1.165, 1.54) is 0 Å². The summed E-state index contributed by atoms with van der Waals surface area (Å²) in [5.41, 5.74) is 3.73. The lowest BCUT2D eigenvalue weighted by molar-refractivity contribution is 0.885. The van der Waals surface area contributed by atoms with Crippen molar-refractivity contribution in [3.8, 4) is 23.1 Å². The predicted octanol–water partition coefficient (Wildman–Crippen LogP) is 5.26. The van der Waals surface area contributed by atoms with Crippen molar-refractivity contribution < 1.29 is 0 Å². The van der Waals surface area contributed by atoms with Gasteiger partial charge in [0, 0.05) is 33.9 Å². The summed E-state index contributed by atoms with van der Waals surface area (Å²) in [6, 6.07) is 21.7. The number of nitriles is 1. The number of benzene rings is 2. The van der Waals surface area contributed by atoms with Crippen molar-refractivity contribution >= 4 is 27.7 Å². The molecule has 0 N–H and O–H groups in total. The van der Waals surface area contributed by atoms with Crippen molar-refractivity contribution in [2.24, 2.45) is 0 Å². The van der Waals surface area contributed by atoms with Gasteiger partial charge in [-0.25, -0.2) is 0 Å². The molecule has 2 aromatic carbocycles. The van der Waals surface area contributed by atoms with Crippen LogP contribution in [0.25, 0.3) is 17.1 Å². The second kappa shape index (κ2) is 8.38. The molecule has 0 unspecified atom stereocenters. The fraction of sp³-hybridized carbons (Fsp3) is 0.0476. The summed E-state index contributed by atoms with van der Waals surface area (Å²) in [5.74, 6) is 1.50. The first-order chi connectivity index (χ1) is 13.7. The molecule has 0 aliphatic rings. The van der Waals surface area contributed by atoms with Crippen LogP contribution in [-0.4, -0.2) is 19.7 Å². The van der Waals surface area contributed by atoms with Crippen LogP contribution in [0.5, 0.6) is 0 Å². The molecule has 0 saturated carbocycles. The zero-order valence-corrected chi connectivity index (χ0v) is 17.1. The van der Waals surface area contributed by atoms with Crippen molar-refractivity contribution in [2.45, 2.75) is 10.9 Å². The maximum Gasteiger partial charge on any atom is 0.196 e. The van der Waals surface area contributed by atoms with Gasteiger partial charge in [-0.1, -0.05) is 39.8 Å². The molecule has 0 radical (unpaired) electrons. The topological polar surface area (TPSA) is 67.4 Å². The van der Waals surface area contributed by atoms with Crippen LogP contribution in [0, 0.1) is 11.3 Å². The standard InChI is InChI=1S/C21H14BrN5S/c22-18-5-7-19(8-6-18)27-20(17-9-11-24-12-10-17)25-26-21(27)28-14-16-3-1-15(13-23)2-4-16/h1-12H,14H2. The number of nitrogens with zero attached hydrogens (tertiary/aromatic N) is 5. The maximum atomic E-state index is 8.94. The van der Waals surface area contributed by atoms with Crippen LogP contribution in [0.2, 0.25) is 0 Å². The van der Waals surface area contributed by atoms with E-state index in [-0.39, 0.29) is 0 Å². The van der Waals surface area contributed by atoms with Gasteiger partial charge in [-0.2, -0.15) is 5.26 Å². The molecular weight excluding hydrogens is 434 g/mol. The second-order valence-electron chi connectivity index (χ2n) is 5.95. The molecule has 0 saturated heterocycles. The zero-order valence-electron chi connectivity index (χ0n) is 14.7. The number of rotatable bonds is 5. The normalized spacial score (nSPS) is 10.6. The number of hydrogen-bond donors (Lipinski definition) is 0. The van der Waals surface area contributed by atoms with Gasteiger partial charge < -0.3 is 0 Å². The molecule has 136 valence electrons. The van der Waals surface area contributed by atoms with Crippen molar-refractivity contribution in [1.29, 1.82) is 5.26 Å². The Bertz CT molecular complexity index is 1120. The molecule has 0 bridgehead atoms. The molecule has 0 amide bonds. The minimum Gasteiger partial charge on any atom is -0.270 e. The first-order valence-corrected chi connectivity index (χ1v) is 10.3. The molecule has 4 aromatic rings. The first-order valence-electron chi connectivity index (χ1n) is 8.48. The summed E-state index contributed by atoms with van der Waals surface area (Å²) in [6.07, 6.45) is 3.50. The van der Waals surface area contributed by atoms with Crippen LogP contribution in [0.3, 0.4) is 0 Å². The molecular formula is C21H14BrN5S. The molecule has 7 heteroatoms. The molecule has 5 nitrogen and oxygen atoms in total. The third-order valence-corrected chi connectivity index (χ3v) is 5.64. The molecule has 28 heavy (non-hydrogen) atoms. The number of halogens is 1. The summed E-state index contributed by atoms with van der Waals surface area (Å²) in [5, 5.41) is 18.6. The minimum absolute atomic E-state index is 0.659. The highest BCUT2D eigenvalue weighted by molar-refractivity contribution is 9.10. The monoisotopic (exact) mass is 447 g/mol. The summed E-state index contributed by atoms with van der Waals surface area (Å²) < 4.78 is 3.07. The smallest absolute Gasteiger partial charge is 0.196 e. The van der Waals surface area contributed by atoms with Gasteiger partial charge in [0.2, 0.25) is 0 Å². The van der Waals surface area contributed by atoms with Crippen molar-refractivity contribution in [2.75, 3.05) is 0 Å². The Hall–Kier alpha value is -2.95. The van der Waals surface area contributed by atoms with Gasteiger partial charge in [0.15, 0.2) is 11.0 Å². The van der Waals surface area contributed by atoms with Crippen LogP contribution in [0.1, 0.15) is 11.1 Å². The third-order valence-electron chi connectivity index (χ3n) is 4.11. The average Bonchev–Trinajstić information content (AvgIpc) is 3.18. The Morgan fingerprint density at radius 3 is 2.32 bits per heavy atom. The van der Waals surface area contributed by atoms with Crippen molar-refractivity contribution in [1.82, 2.24) is 19.7 Å². The maximum absolute atomic E-state index is 8.94. The Labute approximate surface area is 175 Å². The summed E-state index contributed by atoms with van der Waals surface area (Å²) in [6.45, 7) is 0. The fourth-order valence-corrected chi connectivity index (χ4v) is 3.87. The molecule has 0 atom stereocenters. The average molecular weight is 448 g/mol. The second-order valence-corrected chi connectivity index (χ2v) is 7.81. The lowest BCUT2D eigenvalue weighted by Crippen LogP contribution is -1.99. The van der Waals surface area contributed by atoms with E-state index < -0.39 is 0 Å². The quantitative estimate of drug-likeness (QED) is 0.390. The van der Waals surface area contributed by atoms with Gasteiger partial charge >= 0.3 is 0 Å². The van der Waals surface area contributed by atoms with Crippen molar-refractivity contribution in [3.05, 3.63) is 88.7 Å². The van der Waals surface area contributed by atoms with Crippen LogP contribution in [0.4, 0.5) is 0 Å². The highest BCUT2D eigenvalue weighted by Gasteiger charge is 2.16. The Morgan fingerprint density at radius 1 is 0.929 bits per heavy atom. The van der Waals surface area contributed by atoms with E-state index in [0.29, 0.717) is 5.56 Å². The lowest BCUT2D eigenvalue weighted by Gasteiger charge is -2.10. The summed E-state index contributed by atoms with van der Waals surface area (Å²) in [4.78, 5) is 4.09. The SMILES string of the molecule is N#Cc1ccc(CSc2nnc(-c3ccncc3)n2-c2ccc(Br)cc2)cc1. The molecule has 2 heterocycles. The van der Waals surface area contributed by atoms with Crippen molar-refractivity contribution in [3.63, 3.8) is 0 Å². The molecule has 4 rings (SSSR count). The highest BCUT2D eigenvalue weighted by Crippen LogP contribution is 2.30. The molecule has 0 spiro atoms. The van der Waals surface area contributed by atoms with E-state index in [4.69, 9.17) is 5.26 Å². The fourth-order valence-electron chi connectivity index (χ4n) is 2.70. The lowest BCUT2D eigenvalue weighted by atomic mass is 10.2. The van der Waals surface area contributed by atoms with E-state index in [1.54, 1.807) is 24.2 Å². The van der Waals surface area contributed by atoms with Crippen LogP contribution in [0.15, 0.2) is 82.7 Å². The van der Waals surface area contributed by atoms with E-state index in [0.717, 1.165) is 38.0 Å². The Morgan fingerprint density at radius 2 is 1.64 bits per heavy atom. The predicted molar refractivity (Wildman–Crippen MR) is 113 cm³/mol. The third kappa shape index (κ3) is 3.98. The number of aromatic nitrogens is 4. The van der Waals surface area contributed by atoms with E-state index in [2.05, 4.69) is 41.7 Å². The van der Waals surface area contributed by atoms with Crippen LogP contribution >= 0.6 is 27.7 Å². The number of hydrogen-bond acceptors (Lipinski definition) is 5. The van der Waals surface area contributed by atoms with E-state index in [9.17, 15) is 0 Å². The summed E-state index contributed by atoms with van der Waals surface area (Å²) in [7, 11) is 0. The van der Waals surface area contributed by atoms with E-state index in [1.807, 2.05) is 60.7 Å². The Balaban J connectivity index is 1.69. The van der Waals surface area contributed by atoms with E-state index >= 15 is 0 Å². The van der Waals surface area contributed by atoms with Crippen LogP contribution < -0.4 is 0 Å². The largest absolute Gasteiger partial charge is 0.270 e. The van der Waals surface area contributed by atoms with Gasteiger partial charge in [0.05, 0.1) is 11.6 Å². The molecule has 0 fully saturated rings. The first kappa shape index (κ1) is 18.4. The van der Waals surface area contributed by atoms with Gasteiger partial charge in [-0.3, -0.25) is 9.55 Å². The van der Waals surface area contributed by atoms with Crippen LogP contribution in [-0.2, 0) is 5.75 Å². The molecule has 2 aromatic heterocycles. The molecule has 0 aliphatic carbocycles. The highest BCUT2D eigenvalue weighted by atomic mass is 79.9. The molecule has 0 aliphatic heterocycles. The number of pyridine rings is 1.